The minimum atomic E-state index is -0.745. The molecule has 0 radical (unpaired) electrons. The van der Waals surface area contributed by atoms with E-state index in [1.165, 1.54) is 7.11 Å². The molecule has 2 heterocycles. The number of methoxy groups -OCH3 is 2. The second kappa shape index (κ2) is 8.98. The summed E-state index contributed by atoms with van der Waals surface area (Å²) in [6.45, 7) is 4.20. The van der Waals surface area contributed by atoms with Gasteiger partial charge in [0.15, 0.2) is 0 Å². The third-order valence-electron chi connectivity index (χ3n) is 5.12. The number of esters is 1. The van der Waals surface area contributed by atoms with Crippen molar-refractivity contribution in [1.29, 1.82) is 0 Å². The van der Waals surface area contributed by atoms with Crippen molar-refractivity contribution in [1.82, 2.24) is 20.2 Å². The first-order valence-electron chi connectivity index (χ1n) is 9.73. The fourth-order valence-corrected chi connectivity index (χ4v) is 3.35. The second-order valence-electron chi connectivity index (χ2n) is 7.43. The summed E-state index contributed by atoms with van der Waals surface area (Å²) in [5, 5.41) is 2.73. The lowest BCUT2D eigenvalue weighted by atomic mass is 10.0. The molecule has 1 aromatic heterocycles. The molecule has 0 fully saturated rings. The second-order valence-corrected chi connectivity index (χ2v) is 7.43. The van der Waals surface area contributed by atoms with Crippen molar-refractivity contribution < 1.29 is 19.1 Å². The molecule has 2 N–H and O–H groups in total. The summed E-state index contributed by atoms with van der Waals surface area (Å²) >= 11 is 0. The maximum Gasteiger partial charge on any atom is 0.328 e. The van der Waals surface area contributed by atoms with Crippen LogP contribution in [-0.4, -0.2) is 53.7 Å². The topological polar surface area (TPSA) is 114 Å². The number of nitrogens with zero attached hydrogens (tertiary/aromatic N) is 2. The van der Waals surface area contributed by atoms with E-state index in [1.54, 1.807) is 36.3 Å². The molecule has 30 heavy (non-hydrogen) atoms. The molecule has 1 aliphatic rings. The molecule has 0 saturated carbocycles. The summed E-state index contributed by atoms with van der Waals surface area (Å²) in [7, 11) is 2.87. The molecule has 9 nitrogen and oxygen atoms in total. The van der Waals surface area contributed by atoms with Crippen LogP contribution in [0, 0.1) is 5.92 Å². The van der Waals surface area contributed by atoms with Crippen molar-refractivity contribution in [3.05, 3.63) is 45.9 Å². The van der Waals surface area contributed by atoms with Gasteiger partial charge in [0.1, 0.15) is 17.6 Å². The third-order valence-corrected chi connectivity index (χ3v) is 5.12. The number of rotatable bonds is 5. The van der Waals surface area contributed by atoms with Crippen LogP contribution in [0.3, 0.4) is 0 Å². The Balaban J connectivity index is 1.82. The van der Waals surface area contributed by atoms with Crippen LogP contribution in [0.5, 0.6) is 5.75 Å². The Kier molecular flexibility index (Phi) is 6.39. The molecule has 0 spiro atoms. The number of ether oxygens (including phenoxy) is 2. The van der Waals surface area contributed by atoms with Crippen LogP contribution in [-0.2, 0) is 22.5 Å². The zero-order chi connectivity index (χ0) is 21.8. The van der Waals surface area contributed by atoms with Gasteiger partial charge in [-0.15, -0.1) is 0 Å². The SMILES string of the molecule is COC(=O)[C@@H](NC(=O)N1CCc2c(nc(-c3ccc(OC)cc3)[nH]c2=O)C1)C(C)C. The smallest absolute Gasteiger partial charge is 0.328 e. The van der Waals surface area contributed by atoms with Crippen molar-refractivity contribution in [2.24, 2.45) is 5.92 Å². The van der Waals surface area contributed by atoms with Gasteiger partial charge in [-0.3, -0.25) is 4.79 Å². The number of benzene rings is 1. The van der Waals surface area contributed by atoms with Crippen molar-refractivity contribution in [2.45, 2.75) is 32.9 Å². The zero-order valence-electron chi connectivity index (χ0n) is 17.5. The molecule has 0 bridgehead atoms. The van der Waals surface area contributed by atoms with E-state index < -0.39 is 18.0 Å². The highest BCUT2D eigenvalue weighted by atomic mass is 16.5. The highest BCUT2D eigenvalue weighted by molar-refractivity contribution is 5.83. The van der Waals surface area contributed by atoms with E-state index >= 15 is 0 Å². The molecule has 160 valence electrons. The van der Waals surface area contributed by atoms with Crippen LogP contribution in [0.2, 0.25) is 0 Å². The van der Waals surface area contributed by atoms with Gasteiger partial charge in [0, 0.05) is 17.7 Å². The Hall–Kier alpha value is -3.36. The highest BCUT2D eigenvalue weighted by Gasteiger charge is 2.30. The molecule has 1 atom stereocenters. The lowest BCUT2D eigenvalue weighted by Crippen LogP contribution is -2.52. The number of H-pyrrole nitrogens is 1. The monoisotopic (exact) mass is 414 g/mol. The normalized spacial score (nSPS) is 14.1. The van der Waals surface area contributed by atoms with Gasteiger partial charge in [0.05, 0.1) is 26.5 Å². The Morgan fingerprint density at radius 1 is 1.20 bits per heavy atom. The maximum absolute atomic E-state index is 12.7. The molecule has 0 aliphatic carbocycles. The molecule has 0 unspecified atom stereocenters. The molecule has 2 amide bonds. The van der Waals surface area contributed by atoms with Crippen molar-refractivity contribution in [3.63, 3.8) is 0 Å². The molecular weight excluding hydrogens is 388 g/mol. The van der Waals surface area contributed by atoms with Crippen LogP contribution in [0.1, 0.15) is 25.1 Å². The summed E-state index contributed by atoms with van der Waals surface area (Å²) in [5.74, 6) is 0.513. The number of hydrogen-bond donors (Lipinski definition) is 2. The van der Waals surface area contributed by atoms with Gasteiger partial charge in [-0.05, 0) is 36.6 Å². The number of carbonyl (C=O) groups excluding carboxylic acids is 2. The van der Waals surface area contributed by atoms with E-state index in [-0.39, 0.29) is 18.0 Å². The molecule has 0 saturated heterocycles. The van der Waals surface area contributed by atoms with E-state index in [1.807, 2.05) is 13.8 Å². The number of fused-ring (bicyclic) bond motifs is 1. The quantitative estimate of drug-likeness (QED) is 0.720. The lowest BCUT2D eigenvalue weighted by molar-refractivity contribution is -0.144. The predicted octanol–water partition coefficient (Wildman–Crippen LogP) is 1.71. The zero-order valence-corrected chi connectivity index (χ0v) is 17.5. The molecule has 9 heteroatoms. The number of aromatic nitrogens is 2. The first-order valence-corrected chi connectivity index (χ1v) is 9.73. The van der Waals surface area contributed by atoms with Gasteiger partial charge in [-0.2, -0.15) is 0 Å². The molecule has 3 rings (SSSR count). The Morgan fingerprint density at radius 2 is 1.90 bits per heavy atom. The Bertz CT molecular complexity index is 984. The van der Waals surface area contributed by atoms with Gasteiger partial charge in [0.25, 0.3) is 5.56 Å². The van der Waals surface area contributed by atoms with Gasteiger partial charge >= 0.3 is 12.0 Å². The van der Waals surface area contributed by atoms with Gasteiger partial charge in [-0.25, -0.2) is 14.6 Å². The van der Waals surface area contributed by atoms with E-state index in [2.05, 4.69) is 15.3 Å². The van der Waals surface area contributed by atoms with Crippen LogP contribution >= 0.6 is 0 Å². The number of nitrogens with one attached hydrogen (secondary N) is 2. The third kappa shape index (κ3) is 4.45. The fraction of sp³-hybridized carbons (Fsp3) is 0.429. The summed E-state index contributed by atoms with van der Waals surface area (Å²) in [6.07, 6.45) is 0.387. The average Bonchev–Trinajstić information content (AvgIpc) is 2.76. The van der Waals surface area contributed by atoms with Crippen LogP contribution in [0.25, 0.3) is 11.4 Å². The first-order chi connectivity index (χ1) is 14.3. The lowest BCUT2D eigenvalue weighted by Gasteiger charge is -2.30. The van der Waals surface area contributed by atoms with Crippen LogP contribution in [0.4, 0.5) is 4.79 Å². The minimum Gasteiger partial charge on any atom is -0.497 e. The molecule has 1 aliphatic heterocycles. The summed E-state index contributed by atoms with van der Waals surface area (Å²) < 4.78 is 9.93. The van der Waals surface area contributed by atoms with Crippen LogP contribution < -0.4 is 15.6 Å². The largest absolute Gasteiger partial charge is 0.497 e. The van der Waals surface area contributed by atoms with Gasteiger partial charge in [-0.1, -0.05) is 13.8 Å². The molecule has 2 aromatic rings. The van der Waals surface area contributed by atoms with Gasteiger partial charge in [0.2, 0.25) is 0 Å². The van der Waals surface area contributed by atoms with Crippen molar-refractivity contribution in [3.8, 4) is 17.1 Å². The average molecular weight is 414 g/mol. The number of hydrogen-bond acceptors (Lipinski definition) is 6. The highest BCUT2D eigenvalue weighted by Crippen LogP contribution is 2.21. The summed E-state index contributed by atoms with van der Waals surface area (Å²) in [4.78, 5) is 46.2. The Morgan fingerprint density at radius 3 is 2.50 bits per heavy atom. The van der Waals surface area contributed by atoms with E-state index in [9.17, 15) is 14.4 Å². The summed E-state index contributed by atoms with van der Waals surface area (Å²) in [5.41, 5.74) is 1.65. The summed E-state index contributed by atoms with van der Waals surface area (Å²) in [6, 6.07) is 6.05. The first kappa shape index (κ1) is 21.4. The maximum atomic E-state index is 12.7. The van der Waals surface area contributed by atoms with E-state index in [4.69, 9.17) is 9.47 Å². The van der Waals surface area contributed by atoms with Crippen molar-refractivity contribution >= 4 is 12.0 Å². The number of amides is 2. The number of carbonyl (C=O) groups is 2. The van der Waals surface area contributed by atoms with E-state index in [0.29, 0.717) is 35.8 Å². The van der Waals surface area contributed by atoms with E-state index in [0.717, 1.165) is 5.56 Å². The van der Waals surface area contributed by atoms with Crippen molar-refractivity contribution in [2.75, 3.05) is 20.8 Å². The minimum absolute atomic E-state index is 0.124. The van der Waals surface area contributed by atoms with Crippen LogP contribution in [0.15, 0.2) is 29.1 Å². The molecular formula is C21H26N4O5. The molecule has 1 aromatic carbocycles. The fourth-order valence-electron chi connectivity index (χ4n) is 3.35. The van der Waals surface area contributed by atoms with Gasteiger partial charge < -0.3 is 24.7 Å². The predicted molar refractivity (Wildman–Crippen MR) is 110 cm³/mol. The standard InChI is InChI=1S/C21H26N4O5/c1-12(2)17(20(27)30-4)23-21(28)25-10-9-15-16(11-25)22-18(24-19(15)26)13-5-7-14(29-3)8-6-13/h5-8,12,17H,9-11H2,1-4H3,(H,23,28)(H,22,24,26)/t17-/m0/s1. The Labute approximate surface area is 174 Å². The number of urea groups is 1. The number of aromatic amines is 1.